The van der Waals surface area contributed by atoms with Gasteiger partial charge in [0.1, 0.15) is 6.29 Å². The summed E-state index contributed by atoms with van der Waals surface area (Å²) in [5.41, 5.74) is 0. The van der Waals surface area contributed by atoms with E-state index in [0.717, 1.165) is 0 Å². The van der Waals surface area contributed by atoms with E-state index in [-0.39, 0.29) is 29.6 Å². The van der Waals surface area contributed by atoms with Gasteiger partial charge in [-0.15, -0.1) is 0 Å². The number of carbonyl (C=O) groups is 1. The van der Waals surface area contributed by atoms with E-state index in [1.165, 1.54) is 6.92 Å². The molecule has 0 aromatic heterocycles. The fraction of sp³-hybridized carbons (Fsp3) is 0.750. The van der Waals surface area contributed by atoms with Crippen LogP contribution in [0.4, 0.5) is 0 Å². The van der Waals surface area contributed by atoms with Crippen molar-refractivity contribution in [2.75, 3.05) is 5.75 Å². The molecular formula is C4H9NaO4S. The fourth-order valence-corrected chi connectivity index (χ4v) is 1.11. The number of carbonyl (C=O) groups excluding carboxylic acids is 1. The first-order chi connectivity index (χ1) is 3.95. The molecule has 0 aliphatic carbocycles. The van der Waals surface area contributed by atoms with Crippen LogP contribution in [0.25, 0.3) is 0 Å². The van der Waals surface area contributed by atoms with Crippen LogP contribution in [0, 0.1) is 5.92 Å². The second-order valence-electron chi connectivity index (χ2n) is 1.86. The van der Waals surface area contributed by atoms with E-state index in [0.29, 0.717) is 6.29 Å². The van der Waals surface area contributed by atoms with Crippen LogP contribution in [0.5, 0.6) is 0 Å². The zero-order valence-corrected chi connectivity index (χ0v) is 5.76. The number of hydrogen-bond acceptors (Lipinski definition) is 3. The molecule has 0 aromatic carbocycles. The number of aldehydes is 1. The first kappa shape index (κ1) is 13.2. The van der Waals surface area contributed by atoms with Crippen LogP contribution >= 0.6 is 0 Å². The van der Waals surface area contributed by atoms with Gasteiger partial charge in [-0.2, -0.15) is 8.42 Å². The van der Waals surface area contributed by atoms with Crippen LogP contribution in [-0.2, 0) is 14.9 Å². The van der Waals surface area contributed by atoms with Gasteiger partial charge in [0.2, 0.25) is 0 Å². The Morgan fingerprint density at radius 1 is 1.60 bits per heavy atom. The summed E-state index contributed by atoms with van der Waals surface area (Å²) in [5, 5.41) is 0. The predicted molar refractivity (Wildman–Crippen MR) is 38.8 cm³/mol. The Labute approximate surface area is 82.0 Å². The van der Waals surface area contributed by atoms with Crippen molar-refractivity contribution in [1.29, 1.82) is 0 Å². The van der Waals surface area contributed by atoms with Crippen molar-refractivity contribution < 1.29 is 17.8 Å². The molecule has 0 amide bonds. The average Bonchev–Trinajstić information content (AvgIpc) is 1.62. The zero-order valence-electron chi connectivity index (χ0n) is 4.94. The third-order valence-corrected chi connectivity index (χ3v) is 1.65. The second-order valence-corrected chi connectivity index (χ2v) is 3.36. The number of hydrogen-bond donors (Lipinski definition) is 1. The van der Waals surface area contributed by atoms with Crippen molar-refractivity contribution in [3.63, 3.8) is 0 Å². The summed E-state index contributed by atoms with van der Waals surface area (Å²) in [6, 6.07) is 0. The van der Waals surface area contributed by atoms with E-state index in [1.54, 1.807) is 0 Å². The molecule has 0 heterocycles. The zero-order chi connectivity index (χ0) is 7.49. The van der Waals surface area contributed by atoms with E-state index in [1.807, 2.05) is 0 Å². The molecule has 1 atom stereocenters. The van der Waals surface area contributed by atoms with E-state index in [4.69, 9.17) is 4.55 Å². The molecular weight excluding hydrogens is 167 g/mol. The van der Waals surface area contributed by atoms with Gasteiger partial charge in [0.15, 0.2) is 0 Å². The van der Waals surface area contributed by atoms with Crippen molar-refractivity contribution in [1.82, 2.24) is 0 Å². The van der Waals surface area contributed by atoms with Crippen LogP contribution in [0.15, 0.2) is 0 Å². The summed E-state index contributed by atoms with van der Waals surface area (Å²) < 4.78 is 28.1. The number of rotatable bonds is 3. The molecule has 0 spiro atoms. The Bertz CT molecular complexity index is 185. The Balaban J connectivity index is 0. The molecule has 56 valence electrons. The standard InChI is InChI=1S/C4H8O4S.Na.H/c1-4(2-5)3-9(6,7)8;;/h2,4H,3H2,1H3,(H,6,7,8);;. The van der Waals surface area contributed by atoms with Crippen LogP contribution < -0.4 is 0 Å². The van der Waals surface area contributed by atoms with Crippen LogP contribution in [0.1, 0.15) is 6.92 Å². The Morgan fingerprint density at radius 3 is 2.10 bits per heavy atom. The van der Waals surface area contributed by atoms with Gasteiger partial charge >= 0.3 is 29.6 Å². The quantitative estimate of drug-likeness (QED) is 0.342. The summed E-state index contributed by atoms with van der Waals surface area (Å²) in [6.45, 7) is 1.42. The van der Waals surface area contributed by atoms with Gasteiger partial charge in [-0.05, 0) is 0 Å². The monoisotopic (exact) mass is 176 g/mol. The van der Waals surface area contributed by atoms with Gasteiger partial charge in [-0.3, -0.25) is 4.55 Å². The molecule has 0 rings (SSSR count). The van der Waals surface area contributed by atoms with Crippen molar-refractivity contribution >= 4 is 46.0 Å². The van der Waals surface area contributed by atoms with Crippen molar-refractivity contribution in [3.05, 3.63) is 0 Å². The van der Waals surface area contributed by atoms with Crippen molar-refractivity contribution in [3.8, 4) is 0 Å². The Hall–Kier alpha value is 0.580. The van der Waals surface area contributed by atoms with Gasteiger partial charge in [-0.1, -0.05) is 6.92 Å². The molecule has 4 nitrogen and oxygen atoms in total. The van der Waals surface area contributed by atoms with E-state index >= 15 is 0 Å². The second kappa shape index (κ2) is 5.26. The molecule has 0 radical (unpaired) electrons. The van der Waals surface area contributed by atoms with Gasteiger partial charge < -0.3 is 4.79 Å². The Morgan fingerprint density at radius 2 is 2.00 bits per heavy atom. The normalized spacial score (nSPS) is 13.4. The van der Waals surface area contributed by atoms with Gasteiger partial charge in [0.05, 0.1) is 5.75 Å². The van der Waals surface area contributed by atoms with Crippen LogP contribution in [0.2, 0.25) is 0 Å². The van der Waals surface area contributed by atoms with E-state index in [2.05, 4.69) is 0 Å². The van der Waals surface area contributed by atoms with Crippen molar-refractivity contribution in [2.24, 2.45) is 5.92 Å². The fourth-order valence-electron chi connectivity index (χ4n) is 0.372. The van der Waals surface area contributed by atoms with E-state index in [9.17, 15) is 13.2 Å². The molecule has 1 N–H and O–H groups in total. The Kier molecular flexibility index (Phi) is 6.94. The molecule has 0 aliphatic rings. The predicted octanol–water partition coefficient (Wildman–Crippen LogP) is -0.939. The van der Waals surface area contributed by atoms with E-state index < -0.39 is 21.8 Å². The van der Waals surface area contributed by atoms with Crippen LogP contribution in [-0.4, -0.2) is 54.6 Å². The molecule has 10 heavy (non-hydrogen) atoms. The first-order valence-electron chi connectivity index (χ1n) is 2.36. The molecule has 0 aliphatic heterocycles. The third-order valence-electron chi connectivity index (χ3n) is 0.706. The topological polar surface area (TPSA) is 71.4 Å². The molecule has 0 saturated heterocycles. The first-order valence-corrected chi connectivity index (χ1v) is 3.97. The average molecular weight is 176 g/mol. The molecule has 0 aromatic rings. The molecule has 6 heteroatoms. The molecule has 0 fully saturated rings. The summed E-state index contributed by atoms with van der Waals surface area (Å²) in [4.78, 5) is 9.81. The summed E-state index contributed by atoms with van der Waals surface area (Å²) in [5.74, 6) is -1.11. The van der Waals surface area contributed by atoms with Gasteiger partial charge in [0, 0.05) is 5.92 Å². The molecule has 1 unspecified atom stereocenters. The summed E-state index contributed by atoms with van der Waals surface area (Å²) in [7, 11) is -3.97. The minimum absolute atomic E-state index is 0. The molecule has 0 saturated carbocycles. The van der Waals surface area contributed by atoms with Crippen molar-refractivity contribution in [2.45, 2.75) is 6.92 Å². The van der Waals surface area contributed by atoms with Gasteiger partial charge in [0.25, 0.3) is 10.1 Å². The van der Waals surface area contributed by atoms with Gasteiger partial charge in [-0.25, -0.2) is 0 Å². The third kappa shape index (κ3) is 8.58. The molecule has 0 bridgehead atoms. The summed E-state index contributed by atoms with van der Waals surface area (Å²) in [6.07, 6.45) is 0.480. The minimum atomic E-state index is -3.97. The SMILES string of the molecule is CC(C=O)CS(=O)(=O)O.[NaH]. The summed E-state index contributed by atoms with van der Waals surface area (Å²) >= 11 is 0. The maximum atomic E-state index is 10.00. The maximum absolute atomic E-state index is 10.00. The van der Waals surface area contributed by atoms with Crippen LogP contribution in [0.3, 0.4) is 0 Å².